The van der Waals surface area contributed by atoms with E-state index in [0.29, 0.717) is 16.8 Å². The Labute approximate surface area is 194 Å². The Kier molecular flexibility index (Phi) is 7.06. The van der Waals surface area contributed by atoms with Gasteiger partial charge in [-0.15, -0.1) is 0 Å². The number of aliphatic hydroxyl groups is 1. The fourth-order valence-corrected chi connectivity index (χ4v) is 4.93. The Morgan fingerprint density at radius 2 is 1.82 bits per heavy atom. The number of anilines is 1. The highest BCUT2D eigenvalue weighted by Gasteiger charge is 2.25. The Hall–Kier alpha value is -3.41. The largest absolute Gasteiger partial charge is 0.480 e. The molecule has 0 spiro atoms. The number of nitrogens with zero attached hydrogens (tertiary/aromatic N) is 2. The summed E-state index contributed by atoms with van der Waals surface area (Å²) >= 11 is 6.09. The fraction of sp³-hybridized carbons (Fsp3) is 0.190. The molecule has 33 heavy (non-hydrogen) atoms. The third kappa shape index (κ3) is 5.33. The van der Waals surface area contributed by atoms with E-state index in [9.17, 15) is 18.0 Å². The number of carboxylic acid groups (broad SMARTS) is 1. The number of hydrogen-bond donors (Lipinski definition) is 4. The van der Waals surface area contributed by atoms with Crippen molar-refractivity contribution in [3.63, 3.8) is 0 Å². The number of amides is 1. The predicted molar refractivity (Wildman–Crippen MR) is 122 cm³/mol. The summed E-state index contributed by atoms with van der Waals surface area (Å²) < 4.78 is 29.4. The van der Waals surface area contributed by atoms with E-state index in [1.165, 1.54) is 16.8 Å². The molecule has 1 heterocycles. The zero-order chi connectivity index (χ0) is 24.3. The molecule has 10 nitrogen and oxygen atoms in total. The second-order valence-electron chi connectivity index (χ2n) is 7.14. The van der Waals surface area contributed by atoms with Crippen molar-refractivity contribution in [3.8, 4) is 11.1 Å². The zero-order valence-electron chi connectivity index (χ0n) is 17.6. The molecule has 0 aliphatic carbocycles. The van der Waals surface area contributed by atoms with E-state index in [-0.39, 0.29) is 21.3 Å². The third-order valence-electron chi connectivity index (χ3n) is 4.75. The number of benzene rings is 2. The third-order valence-corrected chi connectivity index (χ3v) is 6.83. The van der Waals surface area contributed by atoms with Crippen LogP contribution in [-0.2, 0) is 21.9 Å². The first-order valence-electron chi connectivity index (χ1n) is 9.60. The van der Waals surface area contributed by atoms with Gasteiger partial charge in [0.05, 0.1) is 12.3 Å². The van der Waals surface area contributed by atoms with E-state index in [4.69, 9.17) is 21.8 Å². The lowest BCUT2D eigenvalue weighted by atomic mass is 10.0. The van der Waals surface area contributed by atoms with Crippen molar-refractivity contribution in [2.75, 3.05) is 11.3 Å². The number of hydrogen-bond acceptors (Lipinski definition) is 6. The molecule has 0 aliphatic heterocycles. The molecule has 2 aromatic carbocycles. The second-order valence-corrected chi connectivity index (χ2v) is 9.12. The molecule has 1 unspecified atom stereocenters. The number of aryl methyl sites for hydroxylation is 2. The molecule has 174 valence electrons. The van der Waals surface area contributed by atoms with Gasteiger partial charge in [-0.05, 0) is 42.3 Å². The van der Waals surface area contributed by atoms with E-state index < -0.39 is 34.5 Å². The van der Waals surface area contributed by atoms with Crippen LogP contribution < -0.4 is 10.0 Å². The highest BCUT2D eigenvalue weighted by atomic mass is 35.5. The number of carbonyl (C=O) groups excluding carboxylic acids is 1. The van der Waals surface area contributed by atoms with Crippen molar-refractivity contribution < 1.29 is 28.2 Å². The minimum atomic E-state index is -3.98. The maximum absolute atomic E-state index is 12.8. The van der Waals surface area contributed by atoms with Crippen LogP contribution in [0.4, 0.5) is 5.69 Å². The van der Waals surface area contributed by atoms with Crippen LogP contribution in [0, 0.1) is 6.92 Å². The first kappa shape index (κ1) is 24.2. The number of nitrogens with one attached hydrogen (secondary N) is 2. The lowest BCUT2D eigenvalue weighted by molar-refractivity contribution is -0.140. The highest BCUT2D eigenvalue weighted by Crippen LogP contribution is 2.28. The van der Waals surface area contributed by atoms with Gasteiger partial charge in [-0.3, -0.25) is 14.2 Å². The first-order valence-corrected chi connectivity index (χ1v) is 11.5. The van der Waals surface area contributed by atoms with Crippen LogP contribution in [0.3, 0.4) is 0 Å². The Morgan fingerprint density at radius 3 is 2.36 bits per heavy atom. The molecule has 0 saturated heterocycles. The van der Waals surface area contributed by atoms with Crippen LogP contribution in [0.15, 0.2) is 53.4 Å². The van der Waals surface area contributed by atoms with Crippen molar-refractivity contribution in [1.29, 1.82) is 0 Å². The van der Waals surface area contributed by atoms with E-state index in [2.05, 4.69) is 15.1 Å². The van der Waals surface area contributed by atoms with Gasteiger partial charge in [-0.2, -0.15) is 5.10 Å². The van der Waals surface area contributed by atoms with Gasteiger partial charge in [-0.1, -0.05) is 35.9 Å². The zero-order valence-corrected chi connectivity index (χ0v) is 19.2. The van der Waals surface area contributed by atoms with Crippen LogP contribution in [0.2, 0.25) is 5.15 Å². The monoisotopic (exact) mass is 492 g/mol. The molecule has 0 aliphatic rings. The number of sulfonamides is 1. The van der Waals surface area contributed by atoms with E-state index in [1.807, 2.05) is 0 Å². The molecule has 0 bridgehead atoms. The molecule has 0 fully saturated rings. The van der Waals surface area contributed by atoms with Gasteiger partial charge in [0.1, 0.15) is 10.0 Å². The molecular formula is C21H21ClN4O6S. The van der Waals surface area contributed by atoms with Gasteiger partial charge in [0.25, 0.3) is 15.9 Å². The minimum absolute atomic E-state index is 0.00337. The van der Waals surface area contributed by atoms with E-state index in [1.54, 1.807) is 50.4 Å². The molecule has 1 aromatic heterocycles. The van der Waals surface area contributed by atoms with Crippen molar-refractivity contribution in [3.05, 3.63) is 64.9 Å². The average molecular weight is 493 g/mol. The van der Waals surface area contributed by atoms with Gasteiger partial charge in [-0.25, -0.2) is 13.2 Å². The van der Waals surface area contributed by atoms with Gasteiger partial charge in [0.2, 0.25) is 0 Å². The molecule has 3 aromatic rings. The number of carbonyl (C=O) groups is 2. The lowest BCUT2D eigenvalue weighted by Gasteiger charge is -2.12. The molecule has 0 radical (unpaired) electrons. The van der Waals surface area contributed by atoms with Crippen molar-refractivity contribution >= 4 is 39.2 Å². The summed E-state index contributed by atoms with van der Waals surface area (Å²) in [6.07, 6.45) is 0. The van der Waals surface area contributed by atoms with Crippen LogP contribution in [-0.4, -0.2) is 52.9 Å². The Morgan fingerprint density at radius 1 is 1.15 bits per heavy atom. The van der Waals surface area contributed by atoms with Crippen LogP contribution >= 0.6 is 11.6 Å². The quantitative estimate of drug-likeness (QED) is 0.375. The number of halogens is 1. The molecule has 12 heteroatoms. The summed E-state index contributed by atoms with van der Waals surface area (Å²) in [4.78, 5) is 23.0. The Bertz CT molecular complexity index is 1300. The van der Waals surface area contributed by atoms with Crippen LogP contribution in [0.1, 0.15) is 16.1 Å². The predicted octanol–water partition coefficient (Wildman–Crippen LogP) is 2.03. The van der Waals surface area contributed by atoms with Gasteiger partial charge in [0.15, 0.2) is 6.04 Å². The average Bonchev–Trinajstić information content (AvgIpc) is 3.03. The Balaban J connectivity index is 1.81. The van der Waals surface area contributed by atoms with Crippen molar-refractivity contribution in [1.82, 2.24) is 15.1 Å². The SMILES string of the molecule is Cc1nn(C)c(Cl)c1S(=O)(=O)Nc1cccc(-c2ccc(C(=O)NC(CO)C(=O)O)cc2)c1. The van der Waals surface area contributed by atoms with Crippen LogP contribution in [0.25, 0.3) is 11.1 Å². The number of aliphatic hydroxyl groups excluding tert-OH is 1. The maximum Gasteiger partial charge on any atom is 0.328 e. The smallest absolute Gasteiger partial charge is 0.328 e. The topological polar surface area (TPSA) is 151 Å². The highest BCUT2D eigenvalue weighted by molar-refractivity contribution is 7.92. The summed E-state index contributed by atoms with van der Waals surface area (Å²) in [5, 5.41) is 24.2. The number of aromatic nitrogens is 2. The molecule has 1 atom stereocenters. The summed E-state index contributed by atoms with van der Waals surface area (Å²) in [5.41, 5.74) is 2.15. The van der Waals surface area contributed by atoms with Gasteiger partial charge >= 0.3 is 5.97 Å². The normalized spacial score (nSPS) is 12.2. The maximum atomic E-state index is 12.8. The van der Waals surface area contributed by atoms with Gasteiger partial charge < -0.3 is 15.5 Å². The van der Waals surface area contributed by atoms with Crippen LogP contribution in [0.5, 0.6) is 0 Å². The van der Waals surface area contributed by atoms with E-state index in [0.717, 1.165) is 0 Å². The van der Waals surface area contributed by atoms with Crippen molar-refractivity contribution in [2.24, 2.45) is 7.05 Å². The standard InChI is InChI=1S/C21H21ClN4O6S/c1-12-18(19(22)26(2)24-12)33(31,32)25-16-5-3-4-15(10-16)13-6-8-14(9-7-13)20(28)23-17(11-27)21(29)30/h3-10,17,25,27H,11H2,1-2H3,(H,23,28)(H,29,30). The minimum Gasteiger partial charge on any atom is -0.480 e. The van der Waals surface area contributed by atoms with Crippen molar-refractivity contribution in [2.45, 2.75) is 17.9 Å². The summed E-state index contributed by atoms with van der Waals surface area (Å²) in [5.74, 6) is -1.99. The number of aliphatic carboxylic acids is 1. The second kappa shape index (κ2) is 9.61. The molecular weight excluding hydrogens is 472 g/mol. The summed E-state index contributed by atoms with van der Waals surface area (Å²) in [6.45, 7) is 0.819. The molecule has 4 N–H and O–H groups in total. The molecule has 0 saturated carbocycles. The number of carboxylic acids is 1. The summed E-state index contributed by atoms with van der Waals surface area (Å²) in [6, 6.07) is 11.5. The molecule has 1 amide bonds. The van der Waals surface area contributed by atoms with E-state index >= 15 is 0 Å². The first-order chi connectivity index (χ1) is 15.5. The van der Waals surface area contributed by atoms with Gasteiger partial charge in [0, 0.05) is 18.3 Å². The lowest BCUT2D eigenvalue weighted by Crippen LogP contribution is -2.43. The number of rotatable bonds is 8. The molecule has 3 rings (SSSR count). The summed E-state index contributed by atoms with van der Waals surface area (Å²) in [7, 11) is -2.43. The fourth-order valence-electron chi connectivity index (χ4n) is 3.13.